The average molecular weight is 375 g/mol. The number of furan rings is 1. The van der Waals surface area contributed by atoms with Gasteiger partial charge in [0.25, 0.3) is 0 Å². The monoisotopic (exact) mass is 374 g/mol. The number of aromatic nitrogens is 4. The van der Waals surface area contributed by atoms with Crippen LogP contribution in [0.15, 0.2) is 46.3 Å². The van der Waals surface area contributed by atoms with E-state index in [1.807, 2.05) is 30.5 Å². The molecule has 0 saturated heterocycles. The minimum atomic E-state index is 0.440. The zero-order valence-electron chi connectivity index (χ0n) is 13.8. The third-order valence-electron chi connectivity index (χ3n) is 4.50. The molecular formula is C18H19ClN4OS. The summed E-state index contributed by atoms with van der Waals surface area (Å²) in [6.07, 6.45) is 9.65. The van der Waals surface area contributed by atoms with Crippen LogP contribution in [0.5, 0.6) is 0 Å². The summed E-state index contributed by atoms with van der Waals surface area (Å²) in [6, 6.07) is 8.09. The molecule has 1 fully saturated rings. The van der Waals surface area contributed by atoms with Crippen molar-refractivity contribution in [2.24, 2.45) is 0 Å². The molecule has 4 rings (SSSR count). The summed E-state index contributed by atoms with van der Waals surface area (Å²) in [5.41, 5.74) is 1.12. The quantitative estimate of drug-likeness (QED) is 0.443. The van der Waals surface area contributed by atoms with Crippen LogP contribution in [0.2, 0.25) is 5.15 Å². The van der Waals surface area contributed by atoms with Gasteiger partial charge in [0.15, 0.2) is 10.9 Å². The van der Waals surface area contributed by atoms with Crippen molar-refractivity contribution < 1.29 is 4.42 Å². The summed E-state index contributed by atoms with van der Waals surface area (Å²) in [6.45, 7) is 0. The summed E-state index contributed by atoms with van der Waals surface area (Å²) in [4.78, 5) is 4.14. The van der Waals surface area contributed by atoms with E-state index >= 15 is 0 Å². The minimum absolute atomic E-state index is 0.440. The fraction of sp³-hybridized carbons (Fsp3) is 0.389. The standard InChI is InChI=1S/C18H19ClN4OS/c19-16-9-8-13(11-20-16)12-25-18-22-21-17(15-7-4-10-24-15)23(18)14-5-2-1-3-6-14/h4,7-11,14H,1-3,5-6,12H2. The zero-order valence-corrected chi connectivity index (χ0v) is 15.3. The van der Waals surface area contributed by atoms with E-state index in [9.17, 15) is 0 Å². The van der Waals surface area contributed by atoms with E-state index in [2.05, 4.69) is 19.7 Å². The zero-order chi connectivity index (χ0) is 17.1. The van der Waals surface area contributed by atoms with Gasteiger partial charge >= 0.3 is 0 Å². The van der Waals surface area contributed by atoms with E-state index in [-0.39, 0.29) is 0 Å². The first-order valence-corrected chi connectivity index (χ1v) is 9.89. The first kappa shape index (κ1) is 16.7. The number of rotatable bonds is 5. The van der Waals surface area contributed by atoms with Crippen molar-refractivity contribution in [3.63, 3.8) is 0 Å². The van der Waals surface area contributed by atoms with Crippen LogP contribution in [-0.4, -0.2) is 19.7 Å². The molecule has 1 aliphatic rings. The number of nitrogens with zero attached hydrogens (tertiary/aromatic N) is 4. The fourth-order valence-electron chi connectivity index (χ4n) is 3.26. The topological polar surface area (TPSA) is 56.7 Å². The highest BCUT2D eigenvalue weighted by atomic mass is 35.5. The molecule has 1 aliphatic carbocycles. The summed E-state index contributed by atoms with van der Waals surface area (Å²) in [5, 5.41) is 10.3. The van der Waals surface area contributed by atoms with Crippen LogP contribution in [0, 0.1) is 0 Å². The molecule has 0 atom stereocenters. The van der Waals surface area contributed by atoms with Gasteiger partial charge in [0.2, 0.25) is 5.82 Å². The Balaban J connectivity index is 1.61. The molecule has 25 heavy (non-hydrogen) atoms. The Morgan fingerprint density at radius 3 is 2.76 bits per heavy atom. The van der Waals surface area contributed by atoms with Gasteiger partial charge in [0.1, 0.15) is 5.15 Å². The highest BCUT2D eigenvalue weighted by molar-refractivity contribution is 7.98. The molecule has 3 aromatic heterocycles. The van der Waals surface area contributed by atoms with Crippen LogP contribution in [0.25, 0.3) is 11.6 Å². The van der Waals surface area contributed by atoms with E-state index in [1.165, 1.54) is 32.1 Å². The number of pyridine rings is 1. The Labute approximate surface area is 155 Å². The van der Waals surface area contributed by atoms with Crippen LogP contribution in [-0.2, 0) is 5.75 Å². The van der Waals surface area contributed by atoms with Crippen molar-refractivity contribution in [2.75, 3.05) is 0 Å². The first-order chi connectivity index (χ1) is 12.3. The summed E-state index contributed by atoms with van der Waals surface area (Å²) in [5.74, 6) is 2.39. The Kier molecular flexibility index (Phi) is 5.08. The van der Waals surface area contributed by atoms with Crippen molar-refractivity contribution in [2.45, 2.75) is 49.1 Å². The van der Waals surface area contributed by atoms with Gasteiger partial charge in [-0.05, 0) is 36.6 Å². The number of hydrogen-bond acceptors (Lipinski definition) is 5. The Hall–Kier alpha value is -1.79. The first-order valence-electron chi connectivity index (χ1n) is 8.53. The number of thioether (sulfide) groups is 1. The Morgan fingerprint density at radius 2 is 2.04 bits per heavy atom. The third-order valence-corrected chi connectivity index (χ3v) is 5.74. The molecule has 0 spiro atoms. The second kappa shape index (κ2) is 7.62. The van der Waals surface area contributed by atoms with Gasteiger partial charge in [-0.3, -0.25) is 4.57 Å². The maximum absolute atomic E-state index is 5.86. The molecule has 3 aromatic rings. The average Bonchev–Trinajstić information content (AvgIpc) is 3.31. The number of hydrogen-bond donors (Lipinski definition) is 0. The van der Waals surface area contributed by atoms with Crippen LogP contribution < -0.4 is 0 Å². The van der Waals surface area contributed by atoms with Crippen LogP contribution in [0.1, 0.15) is 43.7 Å². The highest BCUT2D eigenvalue weighted by Gasteiger charge is 2.24. The second-order valence-electron chi connectivity index (χ2n) is 6.22. The van der Waals surface area contributed by atoms with Crippen LogP contribution in [0.4, 0.5) is 0 Å². The lowest BCUT2D eigenvalue weighted by Crippen LogP contribution is -2.15. The van der Waals surface area contributed by atoms with Gasteiger partial charge in [-0.2, -0.15) is 0 Å². The largest absolute Gasteiger partial charge is 0.461 e. The molecule has 0 aliphatic heterocycles. The summed E-state index contributed by atoms with van der Waals surface area (Å²) < 4.78 is 7.85. The van der Waals surface area contributed by atoms with Crippen molar-refractivity contribution in [3.8, 4) is 11.6 Å². The molecule has 0 aromatic carbocycles. The lowest BCUT2D eigenvalue weighted by molar-refractivity contribution is 0.337. The molecule has 0 amide bonds. The van der Waals surface area contributed by atoms with Crippen molar-refractivity contribution in [1.82, 2.24) is 19.7 Å². The summed E-state index contributed by atoms with van der Waals surface area (Å²) in [7, 11) is 0. The maximum Gasteiger partial charge on any atom is 0.200 e. The van der Waals surface area contributed by atoms with Gasteiger partial charge < -0.3 is 4.42 Å². The van der Waals surface area contributed by atoms with Crippen molar-refractivity contribution in [3.05, 3.63) is 47.4 Å². The molecule has 7 heteroatoms. The fourth-order valence-corrected chi connectivity index (χ4v) is 4.31. The Morgan fingerprint density at radius 1 is 1.16 bits per heavy atom. The minimum Gasteiger partial charge on any atom is -0.461 e. The smallest absolute Gasteiger partial charge is 0.200 e. The van der Waals surface area contributed by atoms with Gasteiger partial charge in [-0.15, -0.1) is 10.2 Å². The van der Waals surface area contributed by atoms with Crippen LogP contribution in [0.3, 0.4) is 0 Å². The van der Waals surface area contributed by atoms with Gasteiger partial charge in [-0.1, -0.05) is 48.7 Å². The second-order valence-corrected chi connectivity index (χ2v) is 7.55. The van der Waals surface area contributed by atoms with Crippen LogP contribution >= 0.6 is 23.4 Å². The SMILES string of the molecule is Clc1ccc(CSc2nnc(-c3ccco3)n2C2CCCCC2)cn1. The molecule has 1 saturated carbocycles. The lowest BCUT2D eigenvalue weighted by atomic mass is 9.95. The third kappa shape index (κ3) is 3.75. The predicted molar refractivity (Wildman–Crippen MR) is 98.7 cm³/mol. The van der Waals surface area contributed by atoms with E-state index in [0.717, 1.165) is 28.1 Å². The van der Waals surface area contributed by atoms with E-state index in [1.54, 1.807) is 18.0 Å². The van der Waals surface area contributed by atoms with Crippen molar-refractivity contribution >= 4 is 23.4 Å². The van der Waals surface area contributed by atoms with Gasteiger partial charge in [-0.25, -0.2) is 4.98 Å². The molecular weight excluding hydrogens is 356 g/mol. The molecule has 3 heterocycles. The predicted octanol–water partition coefficient (Wildman–Crippen LogP) is 5.38. The van der Waals surface area contributed by atoms with Gasteiger partial charge in [0, 0.05) is 18.0 Å². The van der Waals surface area contributed by atoms with E-state index in [4.69, 9.17) is 16.0 Å². The molecule has 5 nitrogen and oxygen atoms in total. The number of halogens is 1. The highest BCUT2D eigenvalue weighted by Crippen LogP contribution is 2.36. The molecule has 0 unspecified atom stereocenters. The normalized spacial score (nSPS) is 15.6. The van der Waals surface area contributed by atoms with Gasteiger partial charge in [0.05, 0.1) is 6.26 Å². The summed E-state index contributed by atoms with van der Waals surface area (Å²) >= 11 is 7.54. The molecule has 0 bridgehead atoms. The van der Waals surface area contributed by atoms with Crippen molar-refractivity contribution in [1.29, 1.82) is 0 Å². The molecule has 0 N–H and O–H groups in total. The Bertz CT molecular complexity index is 810. The lowest BCUT2D eigenvalue weighted by Gasteiger charge is -2.25. The van der Waals surface area contributed by atoms with E-state index in [0.29, 0.717) is 11.2 Å². The van der Waals surface area contributed by atoms with E-state index < -0.39 is 0 Å². The maximum atomic E-state index is 5.86. The molecule has 130 valence electrons. The molecule has 0 radical (unpaired) electrons.